The Kier molecular flexibility index (Phi) is 6.99. The highest BCUT2D eigenvalue weighted by Gasteiger charge is 2.47. The summed E-state index contributed by atoms with van der Waals surface area (Å²) in [7, 11) is 1.28. The molecule has 0 aromatic heterocycles. The summed E-state index contributed by atoms with van der Waals surface area (Å²) in [6.07, 6.45) is -0.315. The molecule has 8 nitrogen and oxygen atoms in total. The normalized spacial score (nSPS) is 22.2. The first kappa shape index (κ1) is 22.6. The summed E-state index contributed by atoms with van der Waals surface area (Å²) in [5.41, 5.74) is 1.08. The van der Waals surface area contributed by atoms with Crippen molar-refractivity contribution in [3.05, 3.63) is 60.2 Å². The molecular formula is C21H20N4O4S3. The fourth-order valence-electron chi connectivity index (χ4n) is 3.42. The molecule has 2 fully saturated rings. The number of methoxy groups -OCH3 is 1. The first-order chi connectivity index (χ1) is 15.5. The smallest absolute Gasteiger partial charge is 0.339 e. The minimum atomic E-state index is -0.531. The van der Waals surface area contributed by atoms with Crippen LogP contribution in [0.25, 0.3) is 0 Å². The number of hydrogen-bond acceptors (Lipinski definition) is 8. The Bertz CT molecular complexity index is 1050. The van der Waals surface area contributed by atoms with Crippen molar-refractivity contribution in [3.63, 3.8) is 0 Å². The molecule has 2 heterocycles. The summed E-state index contributed by atoms with van der Waals surface area (Å²) in [5, 5.41) is 8.62. The van der Waals surface area contributed by atoms with Crippen molar-refractivity contribution < 1.29 is 19.1 Å². The van der Waals surface area contributed by atoms with E-state index in [4.69, 9.17) is 17.0 Å². The lowest BCUT2D eigenvalue weighted by Crippen LogP contribution is -2.64. The fourth-order valence-corrected chi connectivity index (χ4v) is 5.82. The largest absolute Gasteiger partial charge is 0.465 e. The van der Waals surface area contributed by atoms with Gasteiger partial charge >= 0.3 is 5.97 Å². The molecule has 32 heavy (non-hydrogen) atoms. The van der Waals surface area contributed by atoms with E-state index in [1.54, 1.807) is 24.3 Å². The molecule has 0 bridgehead atoms. The van der Waals surface area contributed by atoms with E-state index in [1.165, 1.54) is 30.6 Å². The van der Waals surface area contributed by atoms with Crippen molar-refractivity contribution in [1.82, 2.24) is 10.6 Å². The van der Waals surface area contributed by atoms with Gasteiger partial charge in [0.15, 0.2) is 0 Å². The maximum absolute atomic E-state index is 12.7. The minimum Gasteiger partial charge on any atom is -0.465 e. The molecule has 3 N–H and O–H groups in total. The summed E-state index contributed by atoms with van der Waals surface area (Å²) >= 11 is 8.10. The van der Waals surface area contributed by atoms with Crippen molar-refractivity contribution in [2.24, 2.45) is 0 Å². The van der Waals surface area contributed by atoms with Crippen LogP contribution in [0.15, 0.2) is 54.6 Å². The Morgan fingerprint density at radius 2 is 1.91 bits per heavy atom. The topological polar surface area (TPSA) is 99.8 Å². The Hall–Kier alpha value is -2.60. The van der Waals surface area contributed by atoms with Gasteiger partial charge in [-0.25, -0.2) is 4.79 Å². The van der Waals surface area contributed by atoms with Gasteiger partial charge in [0.05, 0.1) is 24.1 Å². The van der Waals surface area contributed by atoms with Gasteiger partial charge in [0.1, 0.15) is 21.2 Å². The van der Waals surface area contributed by atoms with E-state index in [2.05, 4.69) is 16.0 Å². The van der Waals surface area contributed by atoms with Crippen LogP contribution < -0.4 is 20.9 Å². The number of thioether (sulfide) groups is 2. The molecule has 3 unspecified atom stereocenters. The first-order valence-electron chi connectivity index (χ1n) is 9.68. The second-order valence-electron chi connectivity index (χ2n) is 6.91. The second-order valence-corrected chi connectivity index (χ2v) is 9.78. The number of thiocarbonyl (C=S) groups is 1. The number of esters is 1. The molecular weight excluding hydrogens is 468 g/mol. The number of nitrogens with zero attached hydrogens (tertiary/aromatic N) is 1. The van der Waals surface area contributed by atoms with Crippen LogP contribution in [0.5, 0.6) is 0 Å². The Labute approximate surface area is 198 Å². The summed E-state index contributed by atoms with van der Waals surface area (Å²) in [6.45, 7) is 0. The monoisotopic (exact) mass is 488 g/mol. The van der Waals surface area contributed by atoms with Crippen LogP contribution in [-0.4, -0.2) is 51.9 Å². The molecule has 3 atom stereocenters. The summed E-state index contributed by atoms with van der Waals surface area (Å²) in [4.78, 5) is 39.0. The van der Waals surface area contributed by atoms with E-state index >= 15 is 0 Å². The van der Waals surface area contributed by atoms with Gasteiger partial charge in [0.2, 0.25) is 11.8 Å². The van der Waals surface area contributed by atoms with Gasteiger partial charge in [0, 0.05) is 5.69 Å². The molecule has 2 aromatic rings. The summed E-state index contributed by atoms with van der Waals surface area (Å²) in [5.74, 6) is -0.904. The molecule has 2 saturated heterocycles. The van der Waals surface area contributed by atoms with Gasteiger partial charge in [-0.15, -0.1) is 11.8 Å². The van der Waals surface area contributed by atoms with Crippen molar-refractivity contribution >= 4 is 69.2 Å². The Morgan fingerprint density at radius 3 is 2.66 bits per heavy atom. The van der Waals surface area contributed by atoms with Crippen LogP contribution in [0.2, 0.25) is 0 Å². The Morgan fingerprint density at radius 1 is 1.19 bits per heavy atom. The van der Waals surface area contributed by atoms with Gasteiger partial charge in [-0.2, -0.15) is 0 Å². The third-order valence-corrected chi connectivity index (χ3v) is 7.49. The molecule has 4 rings (SSSR count). The molecule has 2 aliphatic rings. The molecule has 2 amide bonds. The Balaban J connectivity index is 1.40. The maximum Gasteiger partial charge on any atom is 0.339 e. The third-order valence-electron chi connectivity index (χ3n) is 4.87. The van der Waals surface area contributed by atoms with Crippen molar-refractivity contribution in [3.8, 4) is 0 Å². The fraction of sp³-hybridized carbons (Fsp3) is 0.238. The van der Waals surface area contributed by atoms with Crippen LogP contribution in [0.1, 0.15) is 10.4 Å². The molecule has 0 aliphatic carbocycles. The van der Waals surface area contributed by atoms with E-state index in [9.17, 15) is 14.4 Å². The number of carbonyl (C=O) groups is 3. The predicted molar refractivity (Wildman–Crippen MR) is 131 cm³/mol. The molecule has 2 aliphatic heterocycles. The zero-order valence-electron chi connectivity index (χ0n) is 16.9. The number of fused-ring (bicyclic) bond motifs is 1. The molecule has 0 spiro atoms. The number of amides is 2. The lowest BCUT2D eigenvalue weighted by molar-refractivity contribution is -0.122. The van der Waals surface area contributed by atoms with Crippen molar-refractivity contribution in [2.75, 3.05) is 23.1 Å². The van der Waals surface area contributed by atoms with E-state index < -0.39 is 11.5 Å². The average Bonchev–Trinajstić information content (AvgIpc) is 3.14. The molecule has 0 radical (unpaired) electrons. The van der Waals surface area contributed by atoms with Crippen LogP contribution in [-0.2, 0) is 14.3 Å². The van der Waals surface area contributed by atoms with E-state index in [1.807, 2.05) is 35.2 Å². The van der Waals surface area contributed by atoms with E-state index in [0.29, 0.717) is 10.0 Å². The number of ether oxygens (including phenoxy) is 1. The number of anilines is 2. The lowest BCUT2D eigenvalue weighted by Gasteiger charge is -2.36. The third kappa shape index (κ3) is 4.75. The lowest BCUT2D eigenvalue weighted by atomic mass is 10.2. The van der Waals surface area contributed by atoms with Crippen LogP contribution in [0.3, 0.4) is 0 Å². The van der Waals surface area contributed by atoms with Crippen LogP contribution in [0.4, 0.5) is 11.4 Å². The average molecular weight is 489 g/mol. The van der Waals surface area contributed by atoms with E-state index in [0.717, 1.165) is 5.69 Å². The SMILES string of the molecule is COC(=O)c1ccccc1NC(=O)CSC1NC(=O)C2SC(=S)N(c3ccccc3)C2N1. The van der Waals surface area contributed by atoms with Gasteiger partial charge in [-0.05, 0) is 24.3 Å². The zero-order valence-corrected chi connectivity index (χ0v) is 19.4. The number of rotatable bonds is 6. The number of nitrogens with one attached hydrogen (secondary N) is 3. The van der Waals surface area contributed by atoms with Crippen molar-refractivity contribution in [2.45, 2.75) is 16.9 Å². The van der Waals surface area contributed by atoms with Gasteiger partial charge in [-0.1, -0.05) is 54.3 Å². The maximum atomic E-state index is 12.7. The zero-order chi connectivity index (χ0) is 22.7. The predicted octanol–water partition coefficient (Wildman–Crippen LogP) is 2.38. The van der Waals surface area contributed by atoms with E-state index in [-0.39, 0.29) is 34.5 Å². The standard InChI is InChI=1S/C21H20N4O4S3/c1-29-19(28)13-9-5-6-10-14(13)22-15(26)11-31-20-23-17-16(18(27)24-20)32-21(30)25(17)12-7-3-2-4-8-12/h2-10,16-17,20,23H,11H2,1H3,(H,22,26)(H,24,27). The summed E-state index contributed by atoms with van der Waals surface area (Å²) in [6, 6.07) is 16.3. The molecule has 2 aromatic carbocycles. The molecule has 11 heteroatoms. The highest BCUT2D eigenvalue weighted by molar-refractivity contribution is 8.24. The summed E-state index contributed by atoms with van der Waals surface area (Å²) < 4.78 is 5.37. The van der Waals surface area contributed by atoms with Gasteiger partial charge < -0.3 is 20.3 Å². The quantitative estimate of drug-likeness (QED) is 0.418. The number of benzene rings is 2. The minimum absolute atomic E-state index is 0.0633. The highest BCUT2D eigenvalue weighted by Crippen LogP contribution is 2.37. The van der Waals surface area contributed by atoms with Crippen molar-refractivity contribution in [1.29, 1.82) is 0 Å². The van der Waals surface area contributed by atoms with Gasteiger partial charge in [0.25, 0.3) is 0 Å². The highest BCUT2D eigenvalue weighted by atomic mass is 32.2. The van der Waals surface area contributed by atoms with Crippen LogP contribution >= 0.6 is 35.7 Å². The van der Waals surface area contributed by atoms with Gasteiger partial charge in [-0.3, -0.25) is 14.9 Å². The molecule has 0 saturated carbocycles. The molecule has 166 valence electrons. The van der Waals surface area contributed by atoms with Crippen LogP contribution in [0, 0.1) is 0 Å². The number of carbonyl (C=O) groups excluding carboxylic acids is 3. The second kappa shape index (κ2) is 9.90. The first-order valence-corrected chi connectivity index (χ1v) is 12.0. The number of para-hydroxylation sites is 2. The number of hydrogen-bond donors (Lipinski definition) is 3.